The minimum atomic E-state index is -4.57. The summed E-state index contributed by atoms with van der Waals surface area (Å²) < 4.78 is 61.4. The number of halogens is 4. The van der Waals surface area contributed by atoms with Crippen LogP contribution in [0.2, 0.25) is 0 Å². The summed E-state index contributed by atoms with van der Waals surface area (Å²) in [5.74, 6) is -1.88. The lowest BCUT2D eigenvalue weighted by Crippen LogP contribution is -2.33. The van der Waals surface area contributed by atoms with E-state index in [4.69, 9.17) is 10.5 Å². The summed E-state index contributed by atoms with van der Waals surface area (Å²) in [7, 11) is 1.37. The molecule has 1 amide bonds. The lowest BCUT2D eigenvalue weighted by molar-refractivity contribution is -0.182. The van der Waals surface area contributed by atoms with Crippen molar-refractivity contribution in [3.8, 4) is 17.0 Å². The average Bonchev–Trinajstić information content (AvgIpc) is 3.50. The lowest BCUT2D eigenvalue weighted by Gasteiger charge is -2.27. The van der Waals surface area contributed by atoms with Crippen molar-refractivity contribution in [3.05, 3.63) is 65.0 Å². The molecule has 0 saturated heterocycles. The van der Waals surface area contributed by atoms with Crippen molar-refractivity contribution in [1.82, 2.24) is 15.1 Å². The van der Waals surface area contributed by atoms with E-state index in [9.17, 15) is 27.2 Å². The molecule has 11 heteroatoms. The molecule has 0 aliphatic heterocycles. The lowest BCUT2D eigenvalue weighted by atomic mass is 9.97. The van der Waals surface area contributed by atoms with E-state index in [1.54, 1.807) is 24.3 Å². The monoisotopic (exact) mass is 518 g/mol. The molecule has 1 aromatic heterocycles. The van der Waals surface area contributed by atoms with Gasteiger partial charge in [0, 0.05) is 12.1 Å². The first-order valence-corrected chi connectivity index (χ1v) is 11.7. The largest absolute Gasteiger partial charge is 0.496 e. The number of alkyl halides is 3. The van der Waals surface area contributed by atoms with Crippen LogP contribution in [0.4, 0.5) is 23.4 Å². The van der Waals surface area contributed by atoms with Gasteiger partial charge in [0.25, 0.3) is 5.91 Å². The molecule has 37 heavy (non-hydrogen) atoms. The van der Waals surface area contributed by atoms with Gasteiger partial charge >= 0.3 is 6.18 Å². The van der Waals surface area contributed by atoms with E-state index in [1.807, 2.05) is 0 Å². The van der Waals surface area contributed by atoms with Crippen LogP contribution in [0.15, 0.2) is 42.5 Å². The molecule has 2 aromatic carbocycles. The highest BCUT2D eigenvalue weighted by Gasteiger charge is 2.48. The van der Waals surface area contributed by atoms with Crippen LogP contribution < -0.4 is 15.8 Å². The number of rotatable bonds is 8. The quantitative estimate of drug-likeness (QED) is 0.311. The van der Waals surface area contributed by atoms with E-state index < -0.39 is 29.9 Å². The Morgan fingerprint density at radius 3 is 2.49 bits per heavy atom. The molecule has 1 aliphatic rings. The summed E-state index contributed by atoms with van der Waals surface area (Å²) >= 11 is 0. The van der Waals surface area contributed by atoms with Gasteiger partial charge in [-0.15, -0.1) is 0 Å². The van der Waals surface area contributed by atoms with Crippen LogP contribution in [-0.4, -0.2) is 35.3 Å². The standard InChI is InChI=1S/C26H26F4N4O3/c1-37-21-11-10-18(27)12-19(21)25(36)32-13-15-6-8-16(9-7-15)22-20(14-35)24(31)34(33-22)23(26(28,29)30)17-4-2-3-5-17/h6-12,14,17,23H,2-5,13,31H2,1H3,(H,32,36). The number of carbonyl (C=O) groups is 2. The van der Waals surface area contributed by atoms with Crippen LogP contribution in [0.25, 0.3) is 11.3 Å². The van der Waals surface area contributed by atoms with Crippen LogP contribution in [-0.2, 0) is 6.54 Å². The Kier molecular flexibility index (Phi) is 7.51. The number of amides is 1. The van der Waals surface area contributed by atoms with Gasteiger partial charge in [0.2, 0.25) is 0 Å². The van der Waals surface area contributed by atoms with Crippen molar-refractivity contribution in [2.45, 2.75) is 44.4 Å². The number of aromatic nitrogens is 2. The van der Waals surface area contributed by atoms with Gasteiger partial charge in [-0.2, -0.15) is 18.3 Å². The van der Waals surface area contributed by atoms with Gasteiger partial charge in [0.15, 0.2) is 12.3 Å². The minimum absolute atomic E-state index is 0.0391. The number of nitrogens with two attached hydrogens (primary N) is 1. The smallest absolute Gasteiger partial charge is 0.411 e. The summed E-state index contributed by atoms with van der Waals surface area (Å²) in [5, 5.41) is 6.82. The van der Waals surface area contributed by atoms with Crippen molar-refractivity contribution in [2.75, 3.05) is 12.8 Å². The van der Waals surface area contributed by atoms with Crippen molar-refractivity contribution >= 4 is 18.0 Å². The summed E-state index contributed by atoms with van der Waals surface area (Å²) in [6, 6.07) is 8.14. The van der Waals surface area contributed by atoms with Gasteiger partial charge in [0.05, 0.1) is 18.2 Å². The van der Waals surface area contributed by atoms with Crippen LogP contribution in [0.5, 0.6) is 5.75 Å². The maximum Gasteiger partial charge on any atom is 0.411 e. The summed E-state index contributed by atoms with van der Waals surface area (Å²) in [4.78, 5) is 24.3. The molecule has 1 heterocycles. The highest BCUT2D eigenvalue weighted by atomic mass is 19.4. The Morgan fingerprint density at radius 1 is 1.22 bits per heavy atom. The van der Waals surface area contributed by atoms with Crippen LogP contribution in [0.3, 0.4) is 0 Å². The van der Waals surface area contributed by atoms with Gasteiger partial charge in [0.1, 0.15) is 23.1 Å². The van der Waals surface area contributed by atoms with Crippen molar-refractivity contribution in [1.29, 1.82) is 0 Å². The Labute approximate surface area is 210 Å². The predicted octanol–water partition coefficient (Wildman–Crippen LogP) is 5.32. The fourth-order valence-corrected chi connectivity index (χ4v) is 4.80. The molecular weight excluding hydrogens is 492 g/mol. The number of hydrogen-bond donors (Lipinski definition) is 2. The second kappa shape index (κ2) is 10.6. The summed E-state index contributed by atoms with van der Waals surface area (Å²) in [5.41, 5.74) is 7.06. The number of benzene rings is 2. The number of nitrogens with zero attached hydrogens (tertiary/aromatic N) is 2. The second-order valence-corrected chi connectivity index (χ2v) is 8.97. The molecule has 0 spiro atoms. The zero-order valence-electron chi connectivity index (χ0n) is 20.0. The van der Waals surface area contributed by atoms with E-state index in [-0.39, 0.29) is 34.9 Å². The maximum absolute atomic E-state index is 14.0. The highest BCUT2D eigenvalue weighted by molar-refractivity contribution is 5.97. The molecule has 1 aliphatic carbocycles. The van der Waals surface area contributed by atoms with E-state index in [2.05, 4.69) is 10.4 Å². The number of anilines is 1. The third-order valence-electron chi connectivity index (χ3n) is 6.64. The van der Waals surface area contributed by atoms with Gasteiger partial charge in [-0.25, -0.2) is 9.07 Å². The van der Waals surface area contributed by atoms with E-state index in [0.717, 1.165) is 10.7 Å². The van der Waals surface area contributed by atoms with E-state index >= 15 is 0 Å². The Morgan fingerprint density at radius 2 is 1.89 bits per heavy atom. The van der Waals surface area contributed by atoms with Crippen LogP contribution in [0, 0.1) is 11.7 Å². The normalized spacial score (nSPS) is 14.9. The predicted molar refractivity (Wildman–Crippen MR) is 129 cm³/mol. The van der Waals surface area contributed by atoms with Crippen LogP contribution in [0.1, 0.15) is 58.0 Å². The van der Waals surface area contributed by atoms with Crippen molar-refractivity contribution in [3.63, 3.8) is 0 Å². The first-order valence-electron chi connectivity index (χ1n) is 11.7. The molecule has 1 fully saturated rings. The van der Waals surface area contributed by atoms with Gasteiger partial charge in [-0.1, -0.05) is 37.1 Å². The molecule has 1 unspecified atom stereocenters. The van der Waals surface area contributed by atoms with Gasteiger partial charge < -0.3 is 15.8 Å². The van der Waals surface area contributed by atoms with Gasteiger partial charge in [-0.05, 0) is 42.5 Å². The Hall–Kier alpha value is -3.89. The van der Waals surface area contributed by atoms with E-state index in [1.165, 1.54) is 19.2 Å². The summed E-state index contributed by atoms with van der Waals surface area (Å²) in [6.45, 7) is 0.0910. The third-order valence-corrected chi connectivity index (χ3v) is 6.64. The molecule has 3 aromatic rings. The average molecular weight is 519 g/mol. The Balaban J connectivity index is 1.56. The molecule has 7 nitrogen and oxygen atoms in total. The molecule has 0 bridgehead atoms. The minimum Gasteiger partial charge on any atom is -0.496 e. The van der Waals surface area contributed by atoms with Gasteiger partial charge in [-0.3, -0.25) is 9.59 Å². The van der Waals surface area contributed by atoms with E-state index in [0.29, 0.717) is 43.1 Å². The zero-order chi connectivity index (χ0) is 26.7. The maximum atomic E-state index is 14.0. The topological polar surface area (TPSA) is 99.2 Å². The molecule has 0 radical (unpaired) electrons. The zero-order valence-corrected chi connectivity index (χ0v) is 20.0. The first-order chi connectivity index (χ1) is 17.6. The SMILES string of the molecule is COc1ccc(F)cc1C(=O)NCc1ccc(-c2nn(C(C3CCCC3)C(F)(F)F)c(N)c2C=O)cc1. The number of carbonyl (C=O) groups excluding carboxylic acids is 2. The molecule has 4 rings (SSSR count). The van der Waals surface area contributed by atoms with Crippen LogP contribution >= 0.6 is 0 Å². The summed E-state index contributed by atoms with van der Waals surface area (Å²) in [6.07, 6.45) is -1.92. The molecular formula is C26H26F4N4O3. The highest BCUT2D eigenvalue weighted by Crippen LogP contribution is 2.45. The number of nitrogen functional groups attached to an aromatic ring is 1. The second-order valence-electron chi connectivity index (χ2n) is 8.97. The van der Waals surface area contributed by atoms with Crippen molar-refractivity contribution in [2.24, 2.45) is 5.92 Å². The van der Waals surface area contributed by atoms with Crippen molar-refractivity contribution < 1.29 is 31.9 Å². The number of ether oxygens (including phenoxy) is 1. The number of methoxy groups -OCH3 is 1. The first kappa shape index (κ1) is 26.2. The number of aldehydes is 1. The number of nitrogens with one attached hydrogen (secondary N) is 1. The Bertz CT molecular complexity index is 1280. The fraction of sp³-hybridized carbons (Fsp3) is 0.346. The molecule has 3 N–H and O–H groups in total. The fourth-order valence-electron chi connectivity index (χ4n) is 4.80. The molecule has 1 atom stereocenters. The molecule has 196 valence electrons. The molecule has 1 saturated carbocycles. The third kappa shape index (κ3) is 5.45. The number of hydrogen-bond acceptors (Lipinski definition) is 5.